The predicted molar refractivity (Wildman–Crippen MR) is 70.8 cm³/mol. The fourth-order valence-electron chi connectivity index (χ4n) is 1.54. The third-order valence-corrected chi connectivity index (χ3v) is 3.80. The maximum atomic E-state index is 13.6. The van der Waals surface area contributed by atoms with Crippen LogP contribution in [-0.2, 0) is 0 Å². The van der Waals surface area contributed by atoms with Gasteiger partial charge in [0.2, 0.25) is 0 Å². The van der Waals surface area contributed by atoms with Crippen LogP contribution in [0.3, 0.4) is 0 Å². The summed E-state index contributed by atoms with van der Waals surface area (Å²) in [5.74, 6) is -1.77. The molecule has 0 aliphatic rings. The molecule has 4 nitrogen and oxygen atoms in total. The summed E-state index contributed by atoms with van der Waals surface area (Å²) in [5, 5.41) is 20.7. The van der Waals surface area contributed by atoms with Gasteiger partial charge in [-0.25, -0.2) is 9.18 Å². The number of hydrogen-bond acceptors (Lipinski definition) is 4. The Labute approximate surface area is 109 Å². The van der Waals surface area contributed by atoms with Crippen molar-refractivity contribution in [3.8, 4) is 0 Å². The highest BCUT2D eigenvalue weighted by molar-refractivity contribution is 7.99. The highest BCUT2D eigenvalue weighted by atomic mass is 32.2. The lowest BCUT2D eigenvalue weighted by Gasteiger charge is -2.22. The molecule has 0 aliphatic heterocycles. The maximum absolute atomic E-state index is 13.6. The molecule has 3 N–H and O–H groups in total. The van der Waals surface area contributed by atoms with Crippen molar-refractivity contribution in [3.05, 3.63) is 29.6 Å². The quantitative estimate of drug-likeness (QED) is 0.740. The largest absolute Gasteiger partial charge is 0.478 e. The lowest BCUT2D eigenvalue weighted by molar-refractivity contribution is 0.0696. The van der Waals surface area contributed by atoms with Gasteiger partial charge < -0.3 is 15.5 Å². The first kappa shape index (κ1) is 14.8. The van der Waals surface area contributed by atoms with Gasteiger partial charge in [-0.2, -0.15) is 11.8 Å². The molecule has 0 radical (unpaired) electrons. The minimum Gasteiger partial charge on any atom is -0.478 e. The number of thioether (sulfide) groups is 1. The van der Waals surface area contributed by atoms with Crippen molar-refractivity contribution in [2.75, 3.05) is 18.2 Å². The molecular formula is C12H16FNO3S. The molecule has 0 bridgehead atoms. The molecule has 0 saturated heterocycles. The number of anilines is 1. The van der Waals surface area contributed by atoms with Gasteiger partial charge in [-0.1, -0.05) is 0 Å². The number of nitrogens with one attached hydrogen (secondary N) is 1. The normalized spacial score (nSPS) is 14.0. The molecule has 0 aromatic heterocycles. The zero-order chi connectivity index (χ0) is 13.7. The Bertz CT molecular complexity index is 424. The molecule has 0 spiro atoms. The van der Waals surface area contributed by atoms with Crippen LogP contribution in [-0.4, -0.2) is 40.3 Å². The van der Waals surface area contributed by atoms with E-state index in [4.69, 9.17) is 10.2 Å². The lowest BCUT2D eigenvalue weighted by Crippen LogP contribution is -2.31. The van der Waals surface area contributed by atoms with Crippen LogP contribution in [0.15, 0.2) is 18.2 Å². The van der Waals surface area contributed by atoms with E-state index in [0.717, 1.165) is 6.07 Å². The highest BCUT2D eigenvalue weighted by Crippen LogP contribution is 2.20. The summed E-state index contributed by atoms with van der Waals surface area (Å²) in [5.41, 5.74) is 0.147. The lowest BCUT2D eigenvalue weighted by atomic mass is 10.1. The van der Waals surface area contributed by atoms with E-state index in [1.807, 2.05) is 13.2 Å². The molecule has 0 aliphatic carbocycles. The number of aliphatic hydroxyl groups is 1. The van der Waals surface area contributed by atoms with Crippen LogP contribution in [0.5, 0.6) is 0 Å². The van der Waals surface area contributed by atoms with Gasteiger partial charge in [-0.05, 0) is 31.4 Å². The van der Waals surface area contributed by atoms with Crippen molar-refractivity contribution in [1.82, 2.24) is 0 Å². The van der Waals surface area contributed by atoms with Crippen LogP contribution in [0.25, 0.3) is 0 Å². The van der Waals surface area contributed by atoms with E-state index in [0.29, 0.717) is 0 Å². The minimum atomic E-state index is -1.16. The summed E-state index contributed by atoms with van der Waals surface area (Å²) in [7, 11) is 0. The molecule has 1 aromatic rings. The van der Waals surface area contributed by atoms with Gasteiger partial charge >= 0.3 is 5.97 Å². The second-order valence-corrected chi connectivity index (χ2v) is 4.97. The van der Waals surface area contributed by atoms with Crippen LogP contribution in [0.1, 0.15) is 17.3 Å². The first-order chi connectivity index (χ1) is 8.49. The molecule has 1 rings (SSSR count). The van der Waals surface area contributed by atoms with Gasteiger partial charge in [0.25, 0.3) is 0 Å². The summed E-state index contributed by atoms with van der Waals surface area (Å²) in [4.78, 5) is 10.7. The van der Waals surface area contributed by atoms with Gasteiger partial charge in [-0.15, -0.1) is 0 Å². The predicted octanol–water partition coefficient (Wildman–Crippen LogP) is 2.05. The average molecular weight is 273 g/mol. The van der Waals surface area contributed by atoms with Crippen molar-refractivity contribution >= 4 is 23.4 Å². The number of aromatic carboxylic acids is 1. The van der Waals surface area contributed by atoms with Crippen LogP contribution < -0.4 is 5.32 Å². The van der Waals surface area contributed by atoms with Crippen LogP contribution in [0, 0.1) is 5.82 Å². The number of carboxylic acid groups (broad SMARTS) is 1. The van der Waals surface area contributed by atoms with Crippen molar-refractivity contribution in [2.45, 2.75) is 18.2 Å². The van der Waals surface area contributed by atoms with E-state index in [-0.39, 0.29) is 29.1 Å². The zero-order valence-electron chi connectivity index (χ0n) is 10.2. The molecule has 0 heterocycles. The van der Waals surface area contributed by atoms with Crippen molar-refractivity contribution in [3.63, 3.8) is 0 Å². The molecule has 0 saturated carbocycles. The summed E-state index contributed by atoms with van der Waals surface area (Å²) in [6.07, 6.45) is 1.86. The van der Waals surface area contributed by atoms with Crippen LogP contribution in [0.4, 0.5) is 10.1 Å². The first-order valence-electron chi connectivity index (χ1n) is 5.42. The summed E-state index contributed by atoms with van der Waals surface area (Å²) in [6.45, 7) is 1.83. The highest BCUT2D eigenvalue weighted by Gasteiger charge is 2.17. The minimum absolute atomic E-state index is 0.00976. The standard InChI is InChI=1S/C12H16FNO3S/c1-7(11(6-15)18-2)14-10-4-3-8(12(16)17)5-9(10)13/h3-5,7,11,14-15H,6H2,1-2H3,(H,16,17). The molecule has 100 valence electrons. The molecular weight excluding hydrogens is 257 g/mol. The van der Waals surface area contributed by atoms with Crippen molar-refractivity contribution in [2.24, 2.45) is 0 Å². The fraction of sp³-hybridized carbons (Fsp3) is 0.417. The number of carbonyl (C=O) groups is 1. The smallest absolute Gasteiger partial charge is 0.335 e. The number of carboxylic acids is 1. The SMILES string of the molecule is CSC(CO)C(C)Nc1ccc(C(=O)O)cc1F. The first-order valence-corrected chi connectivity index (χ1v) is 6.71. The summed E-state index contributed by atoms with van der Waals surface area (Å²) >= 11 is 1.48. The Balaban J connectivity index is 2.82. The molecule has 6 heteroatoms. The van der Waals surface area contributed by atoms with Gasteiger partial charge in [0.05, 0.1) is 17.9 Å². The number of hydrogen-bond donors (Lipinski definition) is 3. The van der Waals surface area contributed by atoms with Crippen molar-refractivity contribution < 1.29 is 19.4 Å². The van der Waals surface area contributed by atoms with E-state index in [1.165, 1.54) is 23.9 Å². The molecule has 0 fully saturated rings. The Kier molecular flexibility index (Phi) is 5.43. The molecule has 2 atom stereocenters. The average Bonchev–Trinajstić information content (AvgIpc) is 2.33. The van der Waals surface area contributed by atoms with E-state index in [9.17, 15) is 9.18 Å². The van der Waals surface area contributed by atoms with E-state index in [2.05, 4.69) is 5.32 Å². The van der Waals surface area contributed by atoms with E-state index >= 15 is 0 Å². The zero-order valence-corrected chi connectivity index (χ0v) is 11.0. The molecule has 2 unspecified atom stereocenters. The molecule has 1 aromatic carbocycles. The van der Waals surface area contributed by atoms with Gasteiger partial charge in [0, 0.05) is 11.3 Å². The van der Waals surface area contributed by atoms with E-state index in [1.54, 1.807) is 0 Å². The summed E-state index contributed by atoms with van der Waals surface area (Å²) < 4.78 is 13.6. The van der Waals surface area contributed by atoms with E-state index < -0.39 is 11.8 Å². The number of benzene rings is 1. The Morgan fingerprint density at radius 2 is 2.22 bits per heavy atom. The number of rotatable bonds is 6. The van der Waals surface area contributed by atoms with Gasteiger partial charge in [-0.3, -0.25) is 0 Å². The molecule has 0 amide bonds. The number of halogens is 1. The van der Waals surface area contributed by atoms with Gasteiger partial charge in [0.15, 0.2) is 0 Å². The maximum Gasteiger partial charge on any atom is 0.335 e. The Morgan fingerprint density at radius 3 is 2.67 bits per heavy atom. The fourth-order valence-corrected chi connectivity index (χ4v) is 2.17. The monoisotopic (exact) mass is 273 g/mol. The second kappa shape index (κ2) is 6.61. The summed E-state index contributed by atoms with van der Waals surface area (Å²) in [6, 6.07) is 3.58. The third-order valence-electron chi connectivity index (χ3n) is 2.64. The van der Waals surface area contributed by atoms with Crippen LogP contribution >= 0.6 is 11.8 Å². The number of aliphatic hydroxyl groups excluding tert-OH is 1. The molecule has 18 heavy (non-hydrogen) atoms. The van der Waals surface area contributed by atoms with Crippen molar-refractivity contribution in [1.29, 1.82) is 0 Å². The second-order valence-electron chi connectivity index (χ2n) is 3.89. The third kappa shape index (κ3) is 3.61. The van der Waals surface area contributed by atoms with Crippen LogP contribution in [0.2, 0.25) is 0 Å². The topological polar surface area (TPSA) is 69.6 Å². The Morgan fingerprint density at radius 1 is 1.56 bits per heavy atom. The Hall–Kier alpha value is -1.27. The van der Waals surface area contributed by atoms with Gasteiger partial charge in [0.1, 0.15) is 5.82 Å².